The maximum Gasteiger partial charge on any atom is 0.0230 e. The minimum Gasteiger partial charge on any atom is -0.299 e. The molecular formula is C15H27N. The Morgan fingerprint density at radius 1 is 1.31 bits per heavy atom. The molecule has 1 saturated heterocycles. The molecule has 1 nitrogen and oxygen atoms in total. The molecule has 0 spiro atoms. The molecule has 16 heavy (non-hydrogen) atoms. The zero-order valence-electron chi connectivity index (χ0n) is 11.4. The van der Waals surface area contributed by atoms with Gasteiger partial charge in [0.15, 0.2) is 0 Å². The highest BCUT2D eigenvalue weighted by Gasteiger charge is 2.15. The molecular weight excluding hydrogens is 194 g/mol. The van der Waals surface area contributed by atoms with Crippen LogP contribution in [0, 0.1) is 11.8 Å². The van der Waals surface area contributed by atoms with Crippen molar-refractivity contribution in [3.05, 3.63) is 23.8 Å². The van der Waals surface area contributed by atoms with Gasteiger partial charge in [-0.1, -0.05) is 39.0 Å². The molecule has 0 atom stereocenters. The molecule has 0 aromatic rings. The van der Waals surface area contributed by atoms with Crippen LogP contribution >= 0.6 is 0 Å². The molecule has 1 rings (SSSR count). The lowest BCUT2D eigenvalue weighted by Crippen LogP contribution is -2.34. The summed E-state index contributed by atoms with van der Waals surface area (Å²) in [6.45, 7) is 12.6. The van der Waals surface area contributed by atoms with Crippen molar-refractivity contribution in [3.8, 4) is 0 Å². The van der Waals surface area contributed by atoms with Gasteiger partial charge in [-0.15, -0.1) is 0 Å². The van der Waals surface area contributed by atoms with Crippen molar-refractivity contribution in [2.45, 2.75) is 40.5 Å². The molecule has 1 aliphatic rings. The van der Waals surface area contributed by atoms with Gasteiger partial charge >= 0.3 is 0 Å². The van der Waals surface area contributed by atoms with Crippen molar-refractivity contribution in [3.63, 3.8) is 0 Å². The smallest absolute Gasteiger partial charge is 0.0230 e. The van der Waals surface area contributed by atoms with E-state index >= 15 is 0 Å². The number of hydrogen-bond donors (Lipinski definition) is 0. The summed E-state index contributed by atoms with van der Waals surface area (Å²) in [7, 11) is 0. The zero-order valence-corrected chi connectivity index (χ0v) is 11.4. The summed E-state index contributed by atoms with van der Waals surface area (Å²) in [5.74, 6) is 1.58. The predicted molar refractivity (Wildman–Crippen MR) is 72.6 cm³/mol. The van der Waals surface area contributed by atoms with E-state index in [1.54, 1.807) is 0 Å². The van der Waals surface area contributed by atoms with Crippen molar-refractivity contribution >= 4 is 0 Å². The van der Waals surface area contributed by atoms with Gasteiger partial charge < -0.3 is 0 Å². The van der Waals surface area contributed by atoms with Gasteiger partial charge in [-0.05, 0) is 50.3 Å². The van der Waals surface area contributed by atoms with Crippen molar-refractivity contribution in [2.24, 2.45) is 11.8 Å². The Bertz CT molecular complexity index is 242. The molecule has 0 bridgehead atoms. The minimum atomic E-state index is 0.649. The Morgan fingerprint density at radius 3 is 2.44 bits per heavy atom. The summed E-state index contributed by atoms with van der Waals surface area (Å²) in [6, 6.07) is 0. The normalized spacial score (nSPS) is 21.2. The van der Waals surface area contributed by atoms with Crippen LogP contribution in [0.4, 0.5) is 0 Å². The highest BCUT2D eigenvalue weighted by Crippen LogP contribution is 2.17. The third-order valence-electron chi connectivity index (χ3n) is 3.35. The van der Waals surface area contributed by atoms with Crippen molar-refractivity contribution in [1.82, 2.24) is 4.90 Å². The highest BCUT2D eigenvalue weighted by molar-refractivity contribution is 5.20. The fourth-order valence-electron chi connectivity index (χ4n) is 2.03. The van der Waals surface area contributed by atoms with E-state index in [-0.39, 0.29) is 0 Å². The molecule has 0 aliphatic carbocycles. The van der Waals surface area contributed by atoms with E-state index in [4.69, 9.17) is 0 Å². The van der Waals surface area contributed by atoms with Crippen molar-refractivity contribution in [2.75, 3.05) is 19.6 Å². The van der Waals surface area contributed by atoms with Crippen LogP contribution in [0.15, 0.2) is 23.8 Å². The van der Waals surface area contributed by atoms with Crippen LogP contribution in [0.1, 0.15) is 40.5 Å². The van der Waals surface area contributed by atoms with E-state index in [0.29, 0.717) is 5.92 Å². The first kappa shape index (κ1) is 13.5. The molecule has 1 heteroatoms. The lowest BCUT2D eigenvalue weighted by atomic mass is 9.98. The maximum atomic E-state index is 2.58. The Kier molecular flexibility index (Phi) is 5.83. The predicted octanol–water partition coefficient (Wildman–Crippen LogP) is 3.88. The molecule has 0 saturated carbocycles. The molecule has 0 N–H and O–H groups in total. The first-order chi connectivity index (χ1) is 7.61. The topological polar surface area (TPSA) is 3.24 Å². The largest absolute Gasteiger partial charge is 0.299 e. The van der Waals surface area contributed by atoms with Gasteiger partial charge in [0, 0.05) is 6.54 Å². The monoisotopic (exact) mass is 221 g/mol. The molecule has 0 aromatic heterocycles. The molecule has 0 aromatic carbocycles. The Morgan fingerprint density at radius 2 is 1.94 bits per heavy atom. The van der Waals surface area contributed by atoms with Crippen LogP contribution in [0.3, 0.4) is 0 Å². The number of hydrogen-bond acceptors (Lipinski definition) is 1. The highest BCUT2D eigenvalue weighted by atomic mass is 15.1. The van der Waals surface area contributed by atoms with E-state index < -0.39 is 0 Å². The first-order valence-corrected chi connectivity index (χ1v) is 6.67. The van der Waals surface area contributed by atoms with Crippen LogP contribution in [-0.4, -0.2) is 24.5 Å². The minimum absolute atomic E-state index is 0.649. The number of allylic oxidation sites excluding steroid dienone is 2. The lowest BCUT2D eigenvalue weighted by Gasteiger charge is -2.30. The van der Waals surface area contributed by atoms with Crippen LogP contribution in [0.5, 0.6) is 0 Å². The van der Waals surface area contributed by atoms with Crippen molar-refractivity contribution < 1.29 is 0 Å². The first-order valence-electron chi connectivity index (χ1n) is 6.67. The summed E-state index contributed by atoms with van der Waals surface area (Å²) in [4.78, 5) is 2.58. The summed E-state index contributed by atoms with van der Waals surface area (Å²) >= 11 is 0. The maximum absolute atomic E-state index is 2.58. The number of piperidine rings is 1. The molecule has 0 unspecified atom stereocenters. The van der Waals surface area contributed by atoms with Gasteiger partial charge in [-0.2, -0.15) is 0 Å². The van der Waals surface area contributed by atoms with E-state index in [1.807, 2.05) is 0 Å². The van der Waals surface area contributed by atoms with Crippen LogP contribution in [0.25, 0.3) is 0 Å². The summed E-state index contributed by atoms with van der Waals surface area (Å²) in [5.41, 5.74) is 1.46. The zero-order chi connectivity index (χ0) is 12.0. The molecule has 0 radical (unpaired) electrons. The number of likely N-dealkylation sites (tertiary alicyclic amines) is 1. The third kappa shape index (κ3) is 4.98. The van der Waals surface area contributed by atoms with Crippen LogP contribution < -0.4 is 0 Å². The lowest BCUT2D eigenvalue weighted by molar-refractivity contribution is 0.207. The molecule has 1 aliphatic heterocycles. The van der Waals surface area contributed by atoms with Gasteiger partial charge in [0.2, 0.25) is 0 Å². The van der Waals surface area contributed by atoms with E-state index in [9.17, 15) is 0 Å². The molecule has 1 fully saturated rings. The third-order valence-corrected chi connectivity index (χ3v) is 3.35. The second-order valence-electron chi connectivity index (χ2n) is 5.43. The van der Waals surface area contributed by atoms with Crippen molar-refractivity contribution in [1.29, 1.82) is 0 Å². The number of rotatable bonds is 4. The average molecular weight is 221 g/mol. The Hall–Kier alpha value is -0.560. The second kappa shape index (κ2) is 6.90. The van der Waals surface area contributed by atoms with E-state index in [2.05, 4.69) is 50.8 Å². The fourth-order valence-corrected chi connectivity index (χ4v) is 2.03. The van der Waals surface area contributed by atoms with Gasteiger partial charge in [0.25, 0.3) is 0 Å². The quantitative estimate of drug-likeness (QED) is 0.651. The molecule has 92 valence electrons. The van der Waals surface area contributed by atoms with Crippen LogP contribution in [0.2, 0.25) is 0 Å². The van der Waals surface area contributed by atoms with Gasteiger partial charge in [-0.3, -0.25) is 4.90 Å². The Labute approximate surface area is 101 Å². The number of nitrogens with zero attached hydrogens (tertiary/aromatic N) is 1. The second-order valence-corrected chi connectivity index (χ2v) is 5.43. The Balaban J connectivity index is 2.39. The standard InChI is InChI=1S/C15H27N/c1-5-15(7-6-13(2)3)12-16-10-8-14(4)9-11-16/h5-7,13-14H,8-12H2,1-4H3/b7-6-,15-5+. The van der Waals surface area contributed by atoms with Gasteiger partial charge in [0.05, 0.1) is 0 Å². The SMILES string of the molecule is C/C=C(\C=C/C(C)C)CN1CCC(C)CC1. The van der Waals surface area contributed by atoms with E-state index in [0.717, 1.165) is 12.5 Å². The molecule has 0 amide bonds. The summed E-state index contributed by atoms with van der Waals surface area (Å²) in [5, 5.41) is 0. The fraction of sp³-hybridized carbons (Fsp3) is 0.733. The summed E-state index contributed by atoms with van der Waals surface area (Å²) < 4.78 is 0. The average Bonchev–Trinajstić information content (AvgIpc) is 2.26. The van der Waals surface area contributed by atoms with Gasteiger partial charge in [0.1, 0.15) is 0 Å². The van der Waals surface area contributed by atoms with Crippen LogP contribution in [-0.2, 0) is 0 Å². The summed E-state index contributed by atoms with van der Waals surface area (Å²) in [6.07, 6.45) is 9.57. The molecule has 1 heterocycles. The van der Waals surface area contributed by atoms with Gasteiger partial charge in [-0.25, -0.2) is 0 Å². The van der Waals surface area contributed by atoms with E-state index in [1.165, 1.54) is 31.5 Å².